The number of carbonyl (C=O) groups excluding carboxylic acids is 1. The number of halogens is 2. The van der Waals surface area contributed by atoms with Gasteiger partial charge in [0.25, 0.3) is 5.91 Å². The van der Waals surface area contributed by atoms with E-state index in [0.717, 1.165) is 10.0 Å². The van der Waals surface area contributed by atoms with Gasteiger partial charge < -0.3 is 9.84 Å². The molecule has 4 nitrogen and oxygen atoms in total. The third-order valence-corrected chi connectivity index (χ3v) is 3.51. The maximum Gasteiger partial charge on any atom is 0.294 e. The molecule has 6 heteroatoms. The van der Waals surface area contributed by atoms with Gasteiger partial charge in [0.1, 0.15) is 0 Å². The van der Waals surface area contributed by atoms with E-state index in [1.165, 1.54) is 6.20 Å². The summed E-state index contributed by atoms with van der Waals surface area (Å²) in [5.74, 6) is -0.163. The summed E-state index contributed by atoms with van der Waals surface area (Å²) in [5.41, 5.74) is 2.20. The Kier molecular flexibility index (Phi) is 3.73. The molecule has 1 aromatic carbocycles. The van der Waals surface area contributed by atoms with Crippen LogP contribution in [-0.2, 0) is 0 Å². The number of aromatic nitrogens is 1. The maximum absolute atomic E-state index is 11.9. The minimum absolute atomic E-state index is 0.193. The molecule has 0 aliphatic rings. The molecule has 0 aliphatic carbocycles. The summed E-state index contributed by atoms with van der Waals surface area (Å²) in [6.45, 7) is 3.64. The zero-order valence-electron chi connectivity index (χ0n) is 9.75. The second-order valence-corrected chi connectivity index (χ2v) is 5.13. The van der Waals surface area contributed by atoms with Crippen LogP contribution in [0.3, 0.4) is 0 Å². The van der Waals surface area contributed by atoms with Gasteiger partial charge in [-0.25, -0.2) is 0 Å². The highest BCUT2D eigenvalue weighted by Crippen LogP contribution is 2.29. The van der Waals surface area contributed by atoms with Gasteiger partial charge in [-0.3, -0.25) is 4.79 Å². The zero-order valence-corrected chi connectivity index (χ0v) is 12.1. The number of anilines is 1. The highest BCUT2D eigenvalue weighted by molar-refractivity contribution is 9.10. The van der Waals surface area contributed by atoms with Crippen molar-refractivity contribution >= 4 is 39.1 Å². The molecule has 0 fully saturated rings. The van der Waals surface area contributed by atoms with Crippen LogP contribution in [-0.4, -0.2) is 11.1 Å². The number of carbonyl (C=O) groups is 1. The van der Waals surface area contributed by atoms with E-state index >= 15 is 0 Å². The molecule has 1 aromatic heterocycles. The van der Waals surface area contributed by atoms with Crippen molar-refractivity contribution in [1.29, 1.82) is 0 Å². The molecule has 2 aromatic rings. The Bertz CT molecular complexity index is 610. The van der Waals surface area contributed by atoms with Crippen LogP contribution in [0.2, 0.25) is 5.02 Å². The van der Waals surface area contributed by atoms with E-state index in [4.69, 9.17) is 16.1 Å². The molecule has 0 saturated heterocycles. The quantitative estimate of drug-likeness (QED) is 0.907. The molecule has 0 atom stereocenters. The molecule has 0 saturated carbocycles. The first-order valence-electron chi connectivity index (χ1n) is 5.17. The van der Waals surface area contributed by atoms with Crippen molar-refractivity contribution in [3.05, 3.63) is 44.7 Å². The minimum atomic E-state index is -0.356. The first-order chi connectivity index (χ1) is 8.49. The Balaban J connectivity index is 2.28. The van der Waals surface area contributed by atoms with Crippen molar-refractivity contribution in [3.8, 4) is 0 Å². The highest BCUT2D eigenvalue weighted by atomic mass is 79.9. The van der Waals surface area contributed by atoms with Gasteiger partial charge in [0.2, 0.25) is 5.76 Å². The third kappa shape index (κ3) is 2.57. The Morgan fingerprint density at radius 2 is 2.11 bits per heavy atom. The molecule has 18 heavy (non-hydrogen) atoms. The molecule has 1 heterocycles. The van der Waals surface area contributed by atoms with Gasteiger partial charge >= 0.3 is 0 Å². The summed E-state index contributed by atoms with van der Waals surface area (Å²) in [7, 11) is 0. The van der Waals surface area contributed by atoms with Crippen molar-refractivity contribution in [2.45, 2.75) is 13.8 Å². The highest BCUT2D eigenvalue weighted by Gasteiger charge is 2.16. The van der Waals surface area contributed by atoms with Crippen molar-refractivity contribution in [1.82, 2.24) is 5.16 Å². The standard InChI is InChI=1S/C12H10BrClN2O2/c1-6-3-8(13)10(4-9(6)14)16-12(17)11-7(2)5-15-18-11/h3-5H,1-2H3,(H,16,17). The molecule has 1 amide bonds. The fraction of sp³-hybridized carbons (Fsp3) is 0.167. The van der Waals surface area contributed by atoms with Crippen LogP contribution in [0, 0.1) is 13.8 Å². The van der Waals surface area contributed by atoms with Gasteiger partial charge in [0, 0.05) is 15.1 Å². The predicted octanol–water partition coefficient (Wildman–Crippen LogP) is 3.96. The molecule has 94 valence electrons. The number of benzene rings is 1. The summed E-state index contributed by atoms with van der Waals surface area (Å²) in [4.78, 5) is 11.9. The topological polar surface area (TPSA) is 55.1 Å². The van der Waals surface area contributed by atoms with Crippen molar-refractivity contribution in [2.75, 3.05) is 5.32 Å². The van der Waals surface area contributed by atoms with E-state index < -0.39 is 0 Å². The van der Waals surface area contributed by atoms with E-state index in [9.17, 15) is 4.79 Å². The van der Waals surface area contributed by atoms with Crippen LogP contribution < -0.4 is 5.32 Å². The first-order valence-corrected chi connectivity index (χ1v) is 6.34. The summed E-state index contributed by atoms with van der Waals surface area (Å²) in [6.07, 6.45) is 1.49. The van der Waals surface area contributed by atoms with Gasteiger partial charge in [0.15, 0.2) is 0 Å². The second kappa shape index (κ2) is 5.12. The number of hydrogen-bond donors (Lipinski definition) is 1. The number of nitrogens with zero attached hydrogens (tertiary/aromatic N) is 1. The Morgan fingerprint density at radius 1 is 1.39 bits per heavy atom. The van der Waals surface area contributed by atoms with E-state index in [2.05, 4.69) is 26.4 Å². The fourth-order valence-corrected chi connectivity index (χ4v) is 2.15. The van der Waals surface area contributed by atoms with Gasteiger partial charge in [-0.15, -0.1) is 0 Å². The van der Waals surface area contributed by atoms with E-state index in [0.29, 0.717) is 16.3 Å². The van der Waals surface area contributed by atoms with Crippen LogP contribution in [0.4, 0.5) is 5.69 Å². The molecule has 0 unspecified atom stereocenters. The lowest BCUT2D eigenvalue weighted by Gasteiger charge is -2.08. The van der Waals surface area contributed by atoms with Crippen molar-refractivity contribution in [2.24, 2.45) is 0 Å². The number of aryl methyl sites for hydroxylation is 2. The molecule has 0 radical (unpaired) electrons. The van der Waals surface area contributed by atoms with Gasteiger partial charge in [-0.1, -0.05) is 16.8 Å². The largest absolute Gasteiger partial charge is 0.351 e. The monoisotopic (exact) mass is 328 g/mol. The van der Waals surface area contributed by atoms with Gasteiger partial charge in [0.05, 0.1) is 11.9 Å². The molecule has 0 spiro atoms. The predicted molar refractivity (Wildman–Crippen MR) is 73.1 cm³/mol. The molecule has 0 bridgehead atoms. The van der Waals surface area contributed by atoms with E-state index in [1.54, 1.807) is 13.0 Å². The summed E-state index contributed by atoms with van der Waals surface area (Å²) in [5, 5.41) is 6.87. The van der Waals surface area contributed by atoms with Crippen LogP contribution in [0.25, 0.3) is 0 Å². The smallest absolute Gasteiger partial charge is 0.294 e. The van der Waals surface area contributed by atoms with Crippen molar-refractivity contribution in [3.63, 3.8) is 0 Å². The summed E-state index contributed by atoms with van der Waals surface area (Å²) >= 11 is 9.39. The molecule has 1 N–H and O–H groups in total. The van der Waals surface area contributed by atoms with Crippen LogP contribution in [0.15, 0.2) is 27.3 Å². The van der Waals surface area contributed by atoms with Gasteiger partial charge in [-0.05, 0) is 47.5 Å². The second-order valence-electron chi connectivity index (χ2n) is 3.87. The fourth-order valence-electron chi connectivity index (χ4n) is 1.43. The van der Waals surface area contributed by atoms with E-state index in [1.807, 2.05) is 13.0 Å². The lowest BCUT2D eigenvalue weighted by atomic mass is 10.2. The summed E-state index contributed by atoms with van der Waals surface area (Å²) < 4.78 is 5.64. The number of nitrogens with one attached hydrogen (secondary N) is 1. The van der Waals surface area contributed by atoms with Crippen molar-refractivity contribution < 1.29 is 9.32 Å². The average Bonchev–Trinajstić information content (AvgIpc) is 2.72. The number of hydrogen-bond acceptors (Lipinski definition) is 3. The van der Waals surface area contributed by atoms with Crippen LogP contribution in [0.5, 0.6) is 0 Å². The van der Waals surface area contributed by atoms with E-state index in [-0.39, 0.29) is 11.7 Å². The zero-order chi connectivity index (χ0) is 13.3. The number of amides is 1. The third-order valence-electron chi connectivity index (χ3n) is 2.45. The maximum atomic E-state index is 11.9. The SMILES string of the molecule is Cc1cc(Br)c(NC(=O)c2oncc2C)cc1Cl. The number of rotatable bonds is 2. The Morgan fingerprint density at radius 3 is 2.72 bits per heavy atom. The molecule has 0 aliphatic heterocycles. The van der Waals surface area contributed by atoms with Crippen LogP contribution >= 0.6 is 27.5 Å². The Labute approximate surface area is 117 Å². The van der Waals surface area contributed by atoms with Crippen LogP contribution in [0.1, 0.15) is 21.7 Å². The summed E-state index contributed by atoms with van der Waals surface area (Å²) in [6, 6.07) is 3.52. The lowest BCUT2D eigenvalue weighted by molar-refractivity contribution is 0.0987. The lowest BCUT2D eigenvalue weighted by Crippen LogP contribution is -2.12. The molecular formula is C12H10BrClN2O2. The normalized spacial score (nSPS) is 10.4. The van der Waals surface area contributed by atoms with Gasteiger partial charge in [-0.2, -0.15) is 0 Å². The average molecular weight is 330 g/mol. The molecule has 2 rings (SSSR count). The first kappa shape index (κ1) is 13.1. The molecular weight excluding hydrogens is 320 g/mol. The Hall–Kier alpha value is -1.33. The minimum Gasteiger partial charge on any atom is -0.351 e.